The molecule has 2 aromatic heterocycles. The van der Waals surface area contributed by atoms with E-state index in [2.05, 4.69) is 39.4 Å². The molecule has 0 aliphatic carbocycles. The third-order valence-electron chi connectivity index (χ3n) is 4.59. The molecule has 24 heavy (non-hydrogen) atoms. The number of aromatic amines is 1. The number of hydrogen-bond donors (Lipinski definition) is 1. The molecule has 1 aliphatic rings. The first-order chi connectivity index (χ1) is 11.9. The summed E-state index contributed by atoms with van der Waals surface area (Å²) in [5.74, 6) is 3.31. The highest BCUT2D eigenvalue weighted by Gasteiger charge is 2.25. The summed E-state index contributed by atoms with van der Waals surface area (Å²) in [6, 6.07) is 14.4. The Morgan fingerprint density at radius 3 is 2.92 bits per heavy atom. The van der Waals surface area contributed by atoms with Crippen LogP contribution in [0.15, 0.2) is 53.1 Å². The number of benzene rings is 1. The van der Waals surface area contributed by atoms with E-state index in [1.807, 2.05) is 18.2 Å². The third-order valence-corrected chi connectivity index (χ3v) is 4.59. The molecule has 1 fully saturated rings. The zero-order valence-corrected chi connectivity index (χ0v) is 13.7. The van der Waals surface area contributed by atoms with E-state index in [0.29, 0.717) is 5.92 Å². The van der Waals surface area contributed by atoms with Gasteiger partial charge in [0.15, 0.2) is 5.82 Å². The van der Waals surface area contributed by atoms with Crippen molar-refractivity contribution in [1.82, 2.24) is 20.1 Å². The molecular weight excluding hydrogens is 300 g/mol. The minimum Gasteiger partial charge on any atom is -0.468 e. The van der Waals surface area contributed by atoms with Gasteiger partial charge in [0.1, 0.15) is 11.6 Å². The summed E-state index contributed by atoms with van der Waals surface area (Å²) < 4.78 is 5.47. The van der Waals surface area contributed by atoms with Gasteiger partial charge >= 0.3 is 0 Å². The third kappa shape index (κ3) is 3.57. The van der Waals surface area contributed by atoms with Crippen molar-refractivity contribution in [3.05, 3.63) is 71.7 Å². The molecule has 1 atom stereocenters. The van der Waals surface area contributed by atoms with Gasteiger partial charge in [0.05, 0.1) is 12.8 Å². The van der Waals surface area contributed by atoms with Gasteiger partial charge in [0.25, 0.3) is 0 Å². The fraction of sp³-hybridized carbons (Fsp3) is 0.368. The van der Waals surface area contributed by atoms with Crippen molar-refractivity contribution < 1.29 is 4.42 Å². The van der Waals surface area contributed by atoms with Crippen molar-refractivity contribution in [1.29, 1.82) is 0 Å². The van der Waals surface area contributed by atoms with Crippen LogP contribution in [0, 0.1) is 0 Å². The van der Waals surface area contributed by atoms with Gasteiger partial charge in [-0.15, -0.1) is 0 Å². The van der Waals surface area contributed by atoms with Crippen molar-refractivity contribution >= 4 is 0 Å². The van der Waals surface area contributed by atoms with Gasteiger partial charge in [0, 0.05) is 18.9 Å². The van der Waals surface area contributed by atoms with E-state index in [0.717, 1.165) is 49.9 Å². The fourth-order valence-electron chi connectivity index (χ4n) is 3.39. The minimum atomic E-state index is 0.398. The van der Waals surface area contributed by atoms with Crippen LogP contribution in [0.3, 0.4) is 0 Å². The van der Waals surface area contributed by atoms with E-state index in [9.17, 15) is 0 Å². The molecule has 4 rings (SSSR count). The molecule has 0 radical (unpaired) electrons. The van der Waals surface area contributed by atoms with Crippen LogP contribution in [0.4, 0.5) is 0 Å². The van der Waals surface area contributed by atoms with Crippen molar-refractivity contribution in [3.8, 4) is 0 Å². The average molecular weight is 322 g/mol. The van der Waals surface area contributed by atoms with Crippen LogP contribution in [-0.2, 0) is 13.0 Å². The maximum Gasteiger partial charge on any atom is 0.155 e. The largest absolute Gasteiger partial charge is 0.468 e. The summed E-state index contributed by atoms with van der Waals surface area (Å²) in [6.07, 6.45) is 4.86. The number of rotatable bonds is 5. The molecule has 3 aromatic rings. The highest BCUT2D eigenvalue weighted by atomic mass is 16.3. The van der Waals surface area contributed by atoms with Gasteiger partial charge in [-0.2, -0.15) is 5.10 Å². The molecule has 5 heteroatoms. The predicted octanol–water partition coefficient (Wildman–Crippen LogP) is 3.37. The first-order valence-corrected chi connectivity index (χ1v) is 8.56. The number of furan rings is 1. The van der Waals surface area contributed by atoms with Crippen molar-refractivity contribution in [2.24, 2.45) is 0 Å². The number of nitrogens with zero attached hydrogens (tertiary/aromatic N) is 3. The summed E-state index contributed by atoms with van der Waals surface area (Å²) in [5, 5.41) is 7.60. The molecule has 1 N–H and O–H groups in total. The molecule has 124 valence electrons. The van der Waals surface area contributed by atoms with Gasteiger partial charge in [-0.3, -0.25) is 10.00 Å². The van der Waals surface area contributed by atoms with Gasteiger partial charge in [-0.1, -0.05) is 30.3 Å². The molecule has 0 saturated carbocycles. The van der Waals surface area contributed by atoms with Crippen LogP contribution >= 0.6 is 0 Å². The highest BCUT2D eigenvalue weighted by molar-refractivity contribution is 5.19. The van der Waals surface area contributed by atoms with Crippen LogP contribution < -0.4 is 0 Å². The second-order valence-corrected chi connectivity index (χ2v) is 6.46. The number of hydrogen-bond acceptors (Lipinski definition) is 4. The average Bonchev–Trinajstić information content (AvgIpc) is 3.28. The van der Waals surface area contributed by atoms with Crippen molar-refractivity contribution in [3.63, 3.8) is 0 Å². The molecule has 1 aliphatic heterocycles. The lowest BCUT2D eigenvalue weighted by Gasteiger charge is -2.30. The number of likely N-dealkylation sites (tertiary alicyclic amines) is 1. The Hall–Kier alpha value is -2.40. The van der Waals surface area contributed by atoms with Crippen LogP contribution in [-0.4, -0.2) is 33.2 Å². The number of nitrogens with one attached hydrogen (secondary N) is 1. The summed E-state index contributed by atoms with van der Waals surface area (Å²) in [6.45, 7) is 2.96. The Morgan fingerprint density at radius 2 is 2.08 bits per heavy atom. The smallest absolute Gasteiger partial charge is 0.155 e. The Labute approximate surface area is 141 Å². The second-order valence-electron chi connectivity index (χ2n) is 6.46. The topological polar surface area (TPSA) is 58.0 Å². The maximum atomic E-state index is 5.47. The number of H-pyrrole nitrogens is 1. The molecule has 0 unspecified atom stereocenters. The SMILES string of the molecule is c1ccc(Cc2nc([C@H]3CCCN(Cc4ccco4)C3)n[nH]2)cc1. The molecule has 1 aromatic carbocycles. The monoisotopic (exact) mass is 322 g/mol. The zero-order chi connectivity index (χ0) is 16.2. The van der Waals surface area contributed by atoms with Gasteiger partial charge in [-0.05, 0) is 37.1 Å². The zero-order valence-electron chi connectivity index (χ0n) is 13.7. The standard InChI is InChI=1S/C19H22N4O/c1-2-6-15(7-3-1)12-18-20-19(22-21-18)16-8-4-10-23(13-16)14-17-9-5-11-24-17/h1-3,5-7,9,11,16H,4,8,10,12-14H2,(H,20,21,22)/t16-/m0/s1. The van der Waals surface area contributed by atoms with E-state index >= 15 is 0 Å². The molecule has 0 amide bonds. The quantitative estimate of drug-likeness (QED) is 0.782. The lowest BCUT2D eigenvalue weighted by molar-refractivity contribution is 0.183. The highest BCUT2D eigenvalue weighted by Crippen LogP contribution is 2.25. The summed E-state index contributed by atoms with van der Waals surface area (Å²) in [5.41, 5.74) is 1.25. The lowest BCUT2D eigenvalue weighted by atomic mass is 9.97. The fourth-order valence-corrected chi connectivity index (χ4v) is 3.39. The van der Waals surface area contributed by atoms with Crippen molar-refractivity contribution in [2.75, 3.05) is 13.1 Å². The Kier molecular flexibility index (Phi) is 4.42. The predicted molar refractivity (Wildman–Crippen MR) is 91.6 cm³/mol. The van der Waals surface area contributed by atoms with Crippen LogP contribution in [0.25, 0.3) is 0 Å². The Balaban J connectivity index is 1.40. The van der Waals surface area contributed by atoms with Gasteiger partial charge < -0.3 is 4.42 Å². The van der Waals surface area contributed by atoms with Crippen LogP contribution in [0.1, 0.15) is 41.7 Å². The van der Waals surface area contributed by atoms with E-state index in [4.69, 9.17) is 9.40 Å². The van der Waals surface area contributed by atoms with E-state index in [1.54, 1.807) is 6.26 Å². The Morgan fingerprint density at radius 1 is 1.17 bits per heavy atom. The van der Waals surface area contributed by atoms with E-state index in [-0.39, 0.29) is 0 Å². The van der Waals surface area contributed by atoms with Crippen LogP contribution in [0.5, 0.6) is 0 Å². The molecular formula is C19H22N4O. The number of piperidine rings is 1. The Bertz CT molecular complexity index is 751. The minimum absolute atomic E-state index is 0.398. The van der Waals surface area contributed by atoms with Gasteiger partial charge in [0.2, 0.25) is 0 Å². The van der Waals surface area contributed by atoms with E-state index < -0.39 is 0 Å². The normalized spacial score (nSPS) is 18.8. The van der Waals surface area contributed by atoms with E-state index in [1.165, 1.54) is 12.0 Å². The molecule has 3 heterocycles. The first kappa shape index (κ1) is 15.1. The maximum absolute atomic E-state index is 5.47. The molecule has 5 nitrogen and oxygen atoms in total. The summed E-state index contributed by atoms with van der Waals surface area (Å²) in [4.78, 5) is 7.17. The second kappa shape index (κ2) is 7.01. The van der Waals surface area contributed by atoms with Gasteiger partial charge in [-0.25, -0.2) is 4.98 Å². The lowest BCUT2D eigenvalue weighted by Crippen LogP contribution is -2.34. The van der Waals surface area contributed by atoms with Crippen LogP contribution in [0.2, 0.25) is 0 Å². The molecule has 0 spiro atoms. The number of aromatic nitrogens is 3. The summed E-state index contributed by atoms with van der Waals surface area (Å²) >= 11 is 0. The first-order valence-electron chi connectivity index (χ1n) is 8.56. The molecule has 0 bridgehead atoms. The summed E-state index contributed by atoms with van der Waals surface area (Å²) in [7, 11) is 0. The van der Waals surface area contributed by atoms with Crippen molar-refractivity contribution in [2.45, 2.75) is 31.7 Å². The molecule has 1 saturated heterocycles.